The fraction of sp³-hybridized carbons (Fsp3) is 0.625. The number of nitrogens with one attached hydrogen (secondary N) is 1. The molecular weight excluding hydrogens is 236 g/mol. The van der Waals surface area contributed by atoms with E-state index in [4.69, 9.17) is 0 Å². The van der Waals surface area contributed by atoms with Gasteiger partial charge in [0.25, 0.3) is 5.91 Å². The third-order valence-corrected chi connectivity index (χ3v) is 4.65. The highest BCUT2D eigenvalue weighted by atomic mass is 16.1. The minimum atomic E-state index is 0.00468. The maximum Gasteiger partial charge on any atom is 0.253 e. The van der Waals surface area contributed by atoms with Crippen molar-refractivity contribution >= 4 is 5.91 Å². The van der Waals surface area contributed by atoms with E-state index in [1.54, 1.807) is 18.5 Å². The molecule has 2 unspecified atom stereocenters. The molecule has 0 spiro atoms. The summed E-state index contributed by atoms with van der Waals surface area (Å²) in [6, 6.07) is 3.91. The van der Waals surface area contributed by atoms with Gasteiger partial charge in [-0.2, -0.15) is 0 Å². The minimum absolute atomic E-state index is 0.00468. The summed E-state index contributed by atoms with van der Waals surface area (Å²) in [5.41, 5.74) is 1.10. The Balaban J connectivity index is 1.96. The molecule has 0 radical (unpaired) electrons. The number of carbonyl (C=O) groups excluding carboxylic acids is 1. The van der Waals surface area contributed by atoms with Gasteiger partial charge in [0.15, 0.2) is 0 Å². The van der Waals surface area contributed by atoms with Gasteiger partial charge in [-0.15, -0.1) is 0 Å². The van der Waals surface area contributed by atoms with Crippen molar-refractivity contribution in [1.29, 1.82) is 0 Å². The second-order valence-electron chi connectivity index (χ2n) is 6.21. The second kappa shape index (κ2) is 5.72. The van der Waals surface area contributed by atoms with Crippen LogP contribution in [0.15, 0.2) is 24.5 Å². The molecule has 0 aromatic carbocycles. The second-order valence-corrected chi connectivity index (χ2v) is 6.21. The zero-order chi connectivity index (χ0) is 13.9. The van der Waals surface area contributed by atoms with E-state index >= 15 is 0 Å². The lowest BCUT2D eigenvalue weighted by atomic mass is 9.68. The van der Waals surface area contributed by atoms with Crippen LogP contribution >= 0.6 is 0 Å². The van der Waals surface area contributed by atoms with Crippen LogP contribution in [-0.2, 0) is 0 Å². The van der Waals surface area contributed by atoms with Crippen LogP contribution in [0.5, 0.6) is 0 Å². The summed E-state index contributed by atoms with van der Waals surface area (Å²) in [5, 5.41) is 3.17. The van der Waals surface area contributed by atoms with Crippen LogP contribution in [0.25, 0.3) is 0 Å². The lowest BCUT2D eigenvalue weighted by Crippen LogP contribution is -2.44. The summed E-state index contributed by atoms with van der Waals surface area (Å²) in [6.45, 7) is 6.88. The number of hydrogen-bond donors (Lipinski definition) is 1. The molecule has 0 bridgehead atoms. The zero-order valence-electron chi connectivity index (χ0n) is 12.1. The smallest absolute Gasteiger partial charge is 0.253 e. The van der Waals surface area contributed by atoms with E-state index in [2.05, 4.69) is 31.1 Å². The average Bonchev–Trinajstić information content (AvgIpc) is 2.43. The molecule has 19 heavy (non-hydrogen) atoms. The third-order valence-electron chi connectivity index (χ3n) is 4.65. The summed E-state index contributed by atoms with van der Waals surface area (Å²) in [7, 11) is 0. The van der Waals surface area contributed by atoms with Gasteiger partial charge in [0.05, 0.1) is 5.56 Å². The number of rotatable bonds is 3. The first-order valence-electron chi connectivity index (χ1n) is 7.25. The molecule has 2 rings (SSSR count). The number of hydrogen-bond acceptors (Lipinski definition) is 2. The molecule has 1 aromatic heterocycles. The Hall–Kier alpha value is -1.38. The predicted molar refractivity (Wildman–Crippen MR) is 76.9 cm³/mol. The average molecular weight is 260 g/mol. The fourth-order valence-electron chi connectivity index (χ4n) is 3.09. The number of nitrogens with zero attached hydrogens (tertiary/aromatic N) is 1. The monoisotopic (exact) mass is 260 g/mol. The van der Waals surface area contributed by atoms with Gasteiger partial charge in [-0.3, -0.25) is 9.78 Å². The van der Waals surface area contributed by atoms with E-state index in [-0.39, 0.29) is 5.91 Å². The highest BCUT2D eigenvalue weighted by Crippen LogP contribution is 2.41. The van der Waals surface area contributed by atoms with Gasteiger partial charge in [0, 0.05) is 18.4 Å². The van der Waals surface area contributed by atoms with E-state index in [0.717, 1.165) is 6.42 Å². The zero-order valence-corrected chi connectivity index (χ0v) is 12.1. The van der Waals surface area contributed by atoms with E-state index in [1.807, 2.05) is 6.07 Å². The maximum absolute atomic E-state index is 12.1. The van der Waals surface area contributed by atoms with Gasteiger partial charge in [0.1, 0.15) is 0 Å². The van der Waals surface area contributed by atoms with Gasteiger partial charge in [-0.1, -0.05) is 27.2 Å². The van der Waals surface area contributed by atoms with E-state index in [1.165, 1.54) is 19.3 Å². The molecule has 1 amide bonds. The fourth-order valence-corrected chi connectivity index (χ4v) is 3.09. The first kappa shape index (κ1) is 14.0. The van der Waals surface area contributed by atoms with Crippen molar-refractivity contribution < 1.29 is 4.79 Å². The topological polar surface area (TPSA) is 42.0 Å². The van der Waals surface area contributed by atoms with Crippen molar-refractivity contribution in [2.45, 2.75) is 52.5 Å². The van der Waals surface area contributed by atoms with Gasteiger partial charge in [0.2, 0.25) is 0 Å². The van der Waals surface area contributed by atoms with E-state index in [0.29, 0.717) is 22.9 Å². The standard InChI is InChI=1S/C16H24N2O/c1-4-16(3)8-7-14(12(2)10-16)18-15(19)13-6-5-9-17-11-13/h5-6,9,11-12,14H,4,7-8,10H2,1-3H3,(H,18,19)/t12-,14?,16?/m1/s1. The normalized spacial score (nSPS) is 30.9. The van der Waals surface area contributed by atoms with Crippen molar-refractivity contribution in [3.63, 3.8) is 0 Å². The van der Waals surface area contributed by atoms with Crippen LogP contribution < -0.4 is 5.32 Å². The molecule has 1 fully saturated rings. The van der Waals surface area contributed by atoms with Crippen molar-refractivity contribution in [1.82, 2.24) is 10.3 Å². The first-order chi connectivity index (χ1) is 9.04. The Labute approximate surface area is 115 Å². The van der Waals surface area contributed by atoms with Crippen LogP contribution in [0, 0.1) is 11.3 Å². The SMILES string of the molecule is CCC1(C)CCC(NC(=O)c2cccnc2)[C@H](C)C1. The summed E-state index contributed by atoms with van der Waals surface area (Å²) < 4.78 is 0. The highest BCUT2D eigenvalue weighted by Gasteiger charge is 2.35. The summed E-state index contributed by atoms with van der Waals surface area (Å²) in [6.07, 6.45) is 8.01. The lowest BCUT2D eigenvalue weighted by molar-refractivity contribution is 0.0836. The number of aromatic nitrogens is 1. The van der Waals surface area contributed by atoms with Crippen LogP contribution in [0.4, 0.5) is 0 Å². The number of carbonyl (C=O) groups is 1. The third kappa shape index (κ3) is 3.34. The van der Waals surface area contributed by atoms with E-state index in [9.17, 15) is 4.79 Å². The van der Waals surface area contributed by atoms with Gasteiger partial charge < -0.3 is 5.32 Å². The molecule has 1 heterocycles. The van der Waals surface area contributed by atoms with Crippen LogP contribution in [0.3, 0.4) is 0 Å². The summed E-state index contributed by atoms with van der Waals surface area (Å²) in [5.74, 6) is 0.546. The molecule has 0 saturated heterocycles. The lowest BCUT2D eigenvalue weighted by Gasteiger charge is -2.41. The molecule has 1 N–H and O–H groups in total. The molecule has 3 heteroatoms. The summed E-state index contributed by atoms with van der Waals surface area (Å²) >= 11 is 0. The van der Waals surface area contributed by atoms with Crippen LogP contribution in [-0.4, -0.2) is 16.9 Å². The predicted octanol–water partition coefficient (Wildman–Crippen LogP) is 3.42. The molecular formula is C16H24N2O. The molecule has 3 nitrogen and oxygen atoms in total. The quantitative estimate of drug-likeness (QED) is 0.904. The van der Waals surface area contributed by atoms with Crippen molar-refractivity contribution in [3.05, 3.63) is 30.1 Å². The number of amides is 1. The first-order valence-corrected chi connectivity index (χ1v) is 7.25. The Morgan fingerprint density at radius 3 is 2.95 bits per heavy atom. The van der Waals surface area contributed by atoms with Crippen molar-refractivity contribution in [3.8, 4) is 0 Å². The van der Waals surface area contributed by atoms with Gasteiger partial charge >= 0.3 is 0 Å². The molecule has 1 saturated carbocycles. The maximum atomic E-state index is 12.1. The molecule has 1 aliphatic rings. The van der Waals surface area contributed by atoms with Crippen molar-refractivity contribution in [2.24, 2.45) is 11.3 Å². The molecule has 1 aliphatic carbocycles. The largest absolute Gasteiger partial charge is 0.349 e. The van der Waals surface area contributed by atoms with E-state index < -0.39 is 0 Å². The minimum Gasteiger partial charge on any atom is -0.349 e. The Kier molecular flexibility index (Phi) is 4.23. The number of pyridine rings is 1. The van der Waals surface area contributed by atoms with Crippen LogP contribution in [0.1, 0.15) is 56.8 Å². The molecule has 3 atom stereocenters. The highest BCUT2D eigenvalue weighted by molar-refractivity contribution is 5.94. The Morgan fingerprint density at radius 1 is 1.58 bits per heavy atom. The van der Waals surface area contributed by atoms with Gasteiger partial charge in [-0.25, -0.2) is 0 Å². The van der Waals surface area contributed by atoms with Crippen molar-refractivity contribution in [2.75, 3.05) is 0 Å². The summed E-state index contributed by atoms with van der Waals surface area (Å²) in [4.78, 5) is 16.1. The van der Waals surface area contributed by atoms with Gasteiger partial charge in [-0.05, 0) is 42.7 Å². The Morgan fingerprint density at radius 2 is 2.37 bits per heavy atom. The Bertz CT molecular complexity index is 432. The molecule has 104 valence electrons. The molecule has 0 aliphatic heterocycles. The van der Waals surface area contributed by atoms with Crippen LogP contribution in [0.2, 0.25) is 0 Å². The molecule has 1 aromatic rings.